The largest absolute Gasteiger partial charge is 0.329 e. The smallest absolute Gasteiger partial charge is 0.297 e. The lowest BCUT2D eigenvalue weighted by molar-refractivity contribution is 0.628. The van der Waals surface area contributed by atoms with E-state index in [1.807, 2.05) is 0 Å². The molecule has 2 aromatic rings. The summed E-state index contributed by atoms with van der Waals surface area (Å²) < 4.78 is 3.77. The number of benzene rings is 1. The molecule has 0 spiro atoms. The third kappa shape index (κ3) is 3.14. The van der Waals surface area contributed by atoms with Crippen molar-refractivity contribution in [1.29, 1.82) is 0 Å². The van der Waals surface area contributed by atoms with E-state index in [0.29, 0.717) is 17.7 Å². The van der Waals surface area contributed by atoms with E-state index in [-0.39, 0.29) is 5.69 Å². The van der Waals surface area contributed by atoms with E-state index in [1.54, 1.807) is 27.5 Å². The third-order valence-electron chi connectivity index (χ3n) is 3.09. The first-order chi connectivity index (χ1) is 9.51. The highest BCUT2D eigenvalue weighted by Crippen LogP contribution is 2.10. The molecule has 20 heavy (non-hydrogen) atoms. The minimum atomic E-state index is -0.100. The van der Waals surface area contributed by atoms with Crippen molar-refractivity contribution in [2.75, 3.05) is 0 Å². The van der Waals surface area contributed by atoms with Gasteiger partial charge >= 0.3 is 5.69 Å². The SMILES string of the molecule is C=CCn1ccc(=S)n(Cc2cc(C)cc(C)c2)c1=O. The molecule has 104 valence electrons. The zero-order chi connectivity index (χ0) is 14.7. The molecule has 2 rings (SSSR count). The van der Waals surface area contributed by atoms with E-state index in [1.165, 1.54) is 11.1 Å². The van der Waals surface area contributed by atoms with Crippen LogP contribution in [0.15, 0.2) is 47.9 Å². The predicted molar refractivity (Wildman–Crippen MR) is 84.7 cm³/mol. The molecular formula is C16H18N2OS. The Morgan fingerprint density at radius 2 is 1.90 bits per heavy atom. The summed E-state index contributed by atoms with van der Waals surface area (Å²) in [6.07, 6.45) is 3.41. The van der Waals surface area contributed by atoms with Crippen LogP contribution in [0, 0.1) is 18.5 Å². The van der Waals surface area contributed by atoms with E-state index in [9.17, 15) is 4.79 Å². The van der Waals surface area contributed by atoms with Gasteiger partial charge in [0.2, 0.25) is 0 Å². The quantitative estimate of drug-likeness (QED) is 0.637. The first-order valence-corrected chi connectivity index (χ1v) is 6.90. The molecule has 0 atom stereocenters. The van der Waals surface area contributed by atoms with Crippen molar-refractivity contribution >= 4 is 12.2 Å². The van der Waals surface area contributed by atoms with E-state index in [0.717, 1.165) is 5.56 Å². The van der Waals surface area contributed by atoms with Gasteiger partial charge in [-0.2, -0.15) is 0 Å². The Morgan fingerprint density at radius 3 is 2.50 bits per heavy atom. The number of aromatic nitrogens is 2. The Balaban J connectivity index is 2.47. The Hall–Kier alpha value is -1.94. The number of aryl methyl sites for hydroxylation is 2. The number of nitrogens with zero attached hydrogens (tertiary/aromatic N) is 2. The van der Waals surface area contributed by atoms with Gasteiger partial charge in [-0.15, -0.1) is 6.58 Å². The summed E-state index contributed by atoms with van der Waals surface area (Å²) in [4.78, 5) is 12.4. The lowest BCUT2D eigenvalue weighted by atomic mass is 10.1. The summed E-state index contributed by atoms with van der Waals surface area (Å²) >= 11 is 5.27. The molecule has 4 heteroatoms. The van der Waals surface area contributed by atoms with Crippen molar-refractivity contribution in [2.45, 2.75) is 26.9 Å². The van der Waals surface area contributed by atoms with Crippen molar-refractivity contribution in [3.8, 4) is 0 Å². The summed E-state index contributed by atoms with van der Waals surface area (Å²) in [5, 5.41) is 0. The normalized spacial score (nSPS) is 10.5. The van der Waals surface area contributed by atoms with Crippen LogP contribution in [-0.4, -0.2) is 9.13 Å². The second-order valence-electron chi connectivity index (χ2n) is 4.96. The van der Waals surface area contributed by atoms with E-state index >= 15 is 0 Å². The minimum Gasteiger partial charge on any atom is -0.297 e. The Kier molecular flexibility index (Phi) is 4.35. The number of allylic oxidation sites excluding steroid dienone is 1. The van der Waals surface area contributed by atoms with Crippen molar-refractivity contribution in [1.82, 2.24) is 9.13 Å². The topological polar surface area (TPSA) is 26.9 Å². The van der Waals surface area contributed by atoms with Crippen LogP contribution < -0.4 is 5.69 Å². The van der Waals surface area contributed by atoms with E-state index < -0.39 is 0 Å². The summed E-state index contributed by atoms with van der Waals surface area (Å²) in [6.45, 7) is 8.75. The van der Waals surface area contributed by atoms with Crippen molar-refractivity contribution < 1.29 is 0 Å². The molecule has 0 radical (unpaired) electrons. The number of rotatable bonds is 4. The van der Waals surface area contributed by atoms with Crippen LogP contribution in [0.25, 0.3) is 0 Å². The fourth-order valence-electron chi connectivity index (χ4n) is 2.32. The van der Waals surface area contributed by atoms with Crippen LogP contribution in [-0.2, 0) is 13.1 Å². The van der Waals surface area contributed by atoms with Gasteiger partial charge in [0.05, 0.1) is 6.54 Å². The first-order valence-electron chi connectivity index (χ1n) is 6.49. The molecule has 1 heterocycles. The van der Waals surface area contributed by atoms with E-state index in [2.05, 4.69) is 38.6 Å². The van der Waals surface area contributed by atoms with Crippen molar-refractivity contribution in [3.63, 3.8) is 0 Å². The molecule has 0 saturated heterocycles. The molecule has 3 nitrogen and oxygen atoms in total. The molecule has 0 saturated carbocycles. The number of hydrogen-bond donors (Lipinski definition) is 0. The maximum absolute atomic E-state index is 12.4. The maximum atomic E-state index is 12.4. The fraction of sp³-hybridized carbons (Fsp3) is 0.250. The second-order valence-corrected chi connectivity index (χ2v) is 5.38. The van der Waals surface area contributed by atoms with Gasteiger partial charge in [0.15, 0.2) is 0 Å². The molecule has 0 bridgehead atoms. The lowest BCUT2D eigenvalue weighted by Crippen LogP contribution is -2.30. The Bertz CT molecular complexity index is 736. The average Bonchev–Trinajstić information content (AvgIpc) is 2.37. The third-order valence-corrected chi connectivity index (χ3v) is 3.44. The minimum absolute atomic E-state index is 0.100. The van der Waals surface area contributed by atoms with Crippen LogP contribution >= 0.6 is 12.2 Å². The standard InChI is InChI=1S/C16H18N2OS/c1-4-6-17-7-5-15(20)18(16(17)19)11-14-9-12(2)8-13(3)10-14/h4-5,7-10H,1,6,11H2,2-3H3. The highest BCUT2D eigenvalue weighted by molar-refractivity contribution is 7.71. The molecule has 0 aliphatic heterocycles. The number of hydrogen-bond acceptors (Lipinski definition) is 2. The highest BCUT2D eigenvalue weighted by Gasteiger charge is 2.04. The van der Waals surface area contributed by atoms with Crippen LogP contribution in [0.1, 0.15) is 16.7 Å². The molecule has 0 unspecified atom stereocenters. The first kappa shape index (κ1) is 14.5. The zero-order valence-corrected chi connectivity index (χ0v) is 12.6. The molecular weight excluding hydrogens is 268 g/mol. The summed E-state index contributed by atoms with van der Waals surface area (Å²) in [6, 6.07) is 8.06. The summed E-state index contributed by atoms with van der Waals surface area (Å²) in [5.41, 5.74) is 3.37. The molecule has 0 aliphatic carbocycles. The zero-order valence-electron chi connectivity index (χ0n) is 11.8. The molecule has 1 aromatic heterocycles. The highest BCUT2D eigenvalue weighted by atomic mass is 32.1. The maximum Gasteiger partial charge on any atom is 0.329 e. The van der Waals surface area contributed by atoms with Crippen LogP contribution in [0.5, 0.6) is 0 Å². The van der Waals surface area contributed by atoms with Gasteiger partial charge in [-0.25, -0.2) is 4.79 Å². The molecule has 0 aliphatic rings. The fourth-order valence-corrected chi connectivity index (χ4v) is 2.53. The second kappa shape index (κ2) is 6.01. The Morgan fingerprint density at radius 1 is 1.25 bits per heavy atom. The average molecular weight is 286 g/mol. The predicted octanol–water partition coefficient (Wildman–Crippen LogP) is 3.23. The van der Waals surface area contributed by atoms with E-state index in [4.69, 9.17) is 12.2 Å². The van der Waals surface area contributed by atoms with Crippen LogP contribution in [0.3, 0.4) is 0 Å². The molecule has 0 fully saturated rings. The van der Waals surface area contributed by atoms with Crippen LogP contribution in [0.4, 0.5) is 0 Å². The Labute approximate surface area is 123 Å². The van der Waals surface area contributed by atoms with Gasteiger partial charge in [0.25, 0.3) is 0 Å². The molecule has 1 aromatic carbocycles. The van der Waals surface area contributed by atoms with Gasteiger partial charge in [-0.3, -0.25) is 9.13 Å². The summed E-state index contributed by atoms with van der Waals surface area (Å²) in [7, 11) is 0. The molecule has 0 N–H and O–H groups in total. The van der Waals surface area contributed by atoms with Crippen molar-refractivity contribution in [2.24, 2.45) is 0 Å². The van der Waals surface area contributed by atoms with Gasteiger partial charge < -0.3 is 0 Å². The van der Waals surface area contributed by atoms with Crippen molar-refractivity contribution in [3.05, 3.63) is 74.9 Å². The molecule has 0 amide bonds. The van der Waals surface area contributed by atoms with Gasteiger partial charge in [-0.1, -0.05) is 47.6 Å². The van der Waals surface area contributed by atoms with Gasteiger partial charge in [0.1, 0.15) is 4.64 Å². The van der Waals surface area contributed by atoms with Gasteiger partial charge in [-0.05, 0) is 25.5 Å². The lowest BCUT2D eigenvalue weighted by Gasteiger charge is -2.11. The monoisotopic (exact) mass is 286 g/mol. The van der Waals surface area contributed by atoms with Crippen LogP contribution in [0.2, 0.25) is 0 Å². The summed E-state index contributed by atoms with van der Waals surface area (Å²) in [5.74, 6) is 0. The van der Waals surface area contributed by atoms with Gasteiger partial charge in [0, 0.05) is 12.7 Å².